The molecule has 71 heavy (non-hydrogen) atoms. The smallest absolute Gasteiger partial charge is 0.264 e. The quantitative estimate of drug-likeness (QED) is 0.0827. The highest BCUT2D eigenvalue weighted by Crippen LogP contribution is 2.41. The van der Waals surface area contributed by atoms with Crippen molar-refractivity contribution < 1.29 is 42.6 Å². The fourth-order valence-corrected chi connectivity index (χ4v) is 11.3. The predicted octanol–water partition coefficient (Wildman–Crippen LogP) is 7.87. The molecule has 9 rings (SSSR count). The van der Waals surface area contributed by atoms with E-state index in [2.05, 4.69) is 15.1 Å². The first-order valence-corrected chi connectivity index (χ1v) is 25.4. The fourth-order valence-electron chi connectivity index (χ4n) is 11.1. The van der Waals surface area contributed by atoms with Crippen molar-refractivity contribution in [1.29, 1.82) is 0 Å². The van der Waals surface area contributed by atoms with E-state index in [9.17, 15) is 28.8 Å². The lowest BCUT2D eigenvalue weighted by Crippen LogP contribution is -2.54. The van der Waals surface area contributed by atoms with Crippen molar-refractivity contribution in [2.75, 3.05) is 57.9 Å². The van der Waals surface area contributed by atoms with E-state index in [0.717, 1.165) is 86.4 Å². The van der Waals surface area contributed by atoms with Gasteiger partial charge < -0.3 is 30.7 Å². The summed E-state index contributed by atoms with van der Waals surface area (Å²) in [4.78, 5) is 81.1. The average Bonchev–Trinajstić information content (AvgIpc) is 3.64. The third-order valence-corrected chi connectivity index (χ3v) is 15.3. The van der Waals surface area contributed by atoms with Crippen molar-refractivity contribution in [3.8, 4) is 16.9 Å². The molecule has 3 saturated heterocycles. The van der Waals surface area contributed by atoms with Gasteiger partial charge in [-0.05, 0) is 111 Å². The van der Waals surface area contributed by atoms with E-state index in [1.165, 1.54) is 44.9 Å². The van der Waals surface area contributed by atoms with Gasteiger partial charge in [-0.2, -0.15) is 0 Å². The molecule has 4 heterocycles. The van der Waals surface area contributed by atoms with Crippen LogP contribution < -0.4 is 26.4 Å². The van der Waals surface area contributed by atoms with Crippen LogP contribution in [0.25, 0.3) is 11.1 Å². The van der Waals surface area contributed by atoms with Gasteiger partial charge in [-0.25, -0.2) is 4.39 Å². The number of likely N-dealkylation sites (tertiary alicyclic amines) is 1. The van der Waals surface area contributed by atoms with Crippen molar-refractivity contribution >= 4 is 52.7 Å². The van der Waals surface area contributed by atoms with Crippen LogP contribution in [0.15, 0.2) is 78.9 Å². The zero-order valence-electron chi connectivity index (χ0n) is 40.3. The average molecular weight is 992 g/mol. The zero-order valence-corrected chi connectivity index (χ0v) is 41.1. The van der Waals surface area contributed by atoms with Crippen LogP contribution in [0, 0.1) is 23.6 Å². The van der Waals surface area contributed by atoms with Gasteiger partial charge in [-0.15, -0.1) is 0 Å². The second-order valence-corrected chi connectivity index (χ2v) is 19.8. The highest BCUT2D eigenvalue weighted by atomic mass is 35.5. The third-order valence-electron chi connectivity index (χ3n) is 15.0. The Morgan fingerprint density at radius 3 is 2.14 bits per heavy atom. The number of nitrogens with one attached hydrogen (secondary N) is 1. The Labute approximate surface area is 419 Å². The maximum absolute atomic E-state index is 15.5. The molecule has 1 aliphatic carbocycles. The summed E-state index contributed by atoms with van der Waals surface area (Å²) >= 11 is 6.44. The number of methoxy groups -OCH3 is 1. The van der Waals surface area contributed by atoms with Gasteiger partial charge in [0.05, 0.1) is 29.0 Å². The molecule has 2 atom stereocenters. The van der Waals surface area contributed by atoms with Gasteiger partial charge in [0.1, 0.15) is 12.6 Å². The summed E-state index contributed by atoms with van der Waals surface area (Å²) in [5.74, 6) is -1.55. The van der Waals surface area contributed by atoms with Crippen LogP contribution in [0.4, 0.5) is 10.1 Å². The lowest BCUT2D eigenvalue weighted by atomic mass is 9.82. The Morgan fingerprint density at radius 1 is 0.775 bits per heavy atom. The first-order valence-electron chi connectivity index (χ1n) is 25.1. The topological polar surface area (TPSA) is 195 Å². The molecular weight excluding hydrogens is 927 g/mol. The largest absolute Gasteiger partial charge is 0.488 e. The maximum Gasteiger partial charge on any atom is 0.264 e. The summed E-state index contributed by atoms with van der Waals surface area (Å²) in [5.41, 5.74) is 15.3. The lowest BCUT2D eigenvalue weighted by molar-refractivity contribution is -0.138. The number of anilines is 1. The van der Waals surface area contributed by atoms with Gasteiger partial charge in [-0.3, -0.25) is 39.0 Å². The van der Waals surface area contributed by atoms with E-state index in [4.69, 9.17) is 32.5 Å². The summed E-state index contributed by atoms with van der Waals surface area (Å²) in [6, 6.07) is 22.2. The molecule has 4 aromatic rings. The molecule has 0 bridgehead atoms. The monoisotopic (exact) mass is 990 g/mol. The number of benzene rings is 4. The number of rotatable bonds is 14. The Balaban J connectivity index is 0.000000197. The summed E-state index contributed by atoms with van der Waals surface area (Å²) in [6.45, 7) is 4.22. The molecule has 0 radical (unpaired) electrons. The van der Waals surface area contributed by atoms with E-state index in [-0.39, 0.29) is 65.7 Å². The number of amides is 6. The third kappa shape index (κ3) is 11.5. The molecule has 1 saturated carbocycles. The van der Waals surface area contributed by atoms with Crippen LogP contribution in [-0.2, 0) is 19.1 Å². The van der Waals surface area contributed by atoms with Crippen molar-refractivity contribution in [2.45, 2.75) is 89.0 Å². The number of hydrogen-bond acceptors (Lipinski definition) is 10. The molecule has 4 aliphatic heterocycles. The van der Waals surface area contributed by atoms with Crippen LogP contribution in [0.1, 0.15) is 125 Å². The summed E-state index contributed by atoms with van der Waals surface area (Å²) < 4.78 is 25.9. The maximum atomic E-state index is 15.5. The molecular formula is C55H64ClFN6O8. The van der Waals surface area contributed by atoms with Crippen molar-refractivity contribution in [1.82, 2.24) is 15.1 Å². The number of primary amides is 1. The van der Waals surface area contributed by atoms with E-state index in [1.54, 1.807) is 18.2 Å². The molecule has 4 fully saturated rings. The zero-order chi connectivity index (χ0) is 50.2. The minimum absolute atomic E-state index is 0.00176. The summed E-state index contributed by atoms with van der Waals surface area (Å²) in [5, 5.41) is 2.54. The minimum atomic E-state index is -0.951. The Hall–Kier alpha value is -6.16. The molecule has 6 amide bonds. The number of nitrogens with two attached hydrogens (primary N) is 2. The molecule has 16 heteroatoms. The summed E-state index contributed by atoms with van der Waals surface area (Å²) in [7, 11) is 1.52. The summed E-state index contributed by atoms with van der Waals surface area (Å²) in [6.07, 6.45) is 11.5. The van der Waals surface area contributed by atoms with Gasteiger partial charge in [0.2, 0.25) is 23.6 Å². The van der Waals surface area contributed by atoms with Gasteiger partial charge in [0.25, 0.3) is 11.8 Å². The molecule has 0 aromatic heterocycles. The van der Waals surface area contributed by atoms with Crippen molar-refractivity contribution in [3.05, 3.63) is 118 Å². The number of halogens is 2. The Morgan fingerprint density at radius 2 is 1.48 bits per heavy atom. The van der Waals surface area contributed by atoms with E-state index in [0.29, 0.717) is 41.0 Å². The van der Waals surface area contributed by atoms with E-state index >= 15 is 4.39 Å². The fraction of sp³-hybridized carbons (Fsp3) is 0.455. The van der Waals surface area contributed by atoms with Crippen LogP contribution in [-0.4, -0.2) is 104 Å². The Kier molecular flexibility index (Phi) is 16.9. The van der Waals surface area contributed by atoms with Crippen LogP contribution in [0.5, 0.6) is 5.75 Å². The van der Waals surface area contributed by atoms with Crippen LogP contribution in [0.2, 0.25) is 5.02 Å². The first-order chi connectivity index (χ1) is 34.4. The molecule has 376 valence electrons. The normalized spacial score (nSPS) is 19.5. The number of imide groups is 2. The second-order valence-electron chi connectivity index (χ2n) is 19.4. The van der Waals surface area contributed by atoms with Crippen LogP contribution >= 0.6 is 11.6 Å². The second kappa shape index (κ2) is 23.4. The molecule has 5 N–H and O–H groups in total. The number of nitrogens with zero attached hydrogens (tertiary/aromatic N) is 3. The number of ether oxygens (including phenoxy) is 2. The number of piperidine rings is 3. The molecule has 5 aliphatic rings. The van der Waals surface area contributed by atoms with Crippen molar-refractivity contribution in [3.63, 3.8) is 0 Å². The standard InChI is InChI=1S/C31H40N4O5.C24H24ClFN2O3/c36-26-10-9-25(28(37)32-26)35-30(39)23-7-4-8-24(27(23)31(35)40)33-15-11-20(12-16-33)19-21-13-17-34(18-14-21)29(38)22-5-2-1-3-6-22;1-30-11-12-31-21-10-8-17(24(28)29)22(23(21)26)18-13-16(7-9-20(18)25)19(14-27)15-5-3-2-4-6-15/h4,7-8,20-22,25H,1-3,5-6,9-19H2,(H,32,36,37);2-10,13,19H,11-12,14,27H2,1H3,(H2,28,29). The lowest BCUT2D eigenvalue weighted by Gasteiger charge is -2.39. The molecule has 2 unspecified atom stereocenters. The van der Waals surface area contributed by atoms with E-state index < -0.39 is 35.5 Å². The number of carbonyl (C=O) groups is 6. The number of hydrogen-bond donors (Lipinski definition) is 3. The minimum Gasteiger partial charge on any atom is -0.488 e. The van der Waals surface area contributed by atoms with Gasteiger partial charge in [0, 0.05) is 74.2 Å². The molecule has 0 spiro atoms. The van der Waals surface area contributed by atoms with Gasteiger partial charge in [0.15, 0.2) is 11.6 Å². The highest BCUT2D eigenvalue weighted by molar-refractivity contribution is 6.33. The van der Waals surface area contributed by atoms with Gasteiger partial charge >= 0.3 is 0 Å². The van der Waals surface area contributed by atoms with E-state index in [1.807, 2.05) is 48.5 Å². The molecule has 14 nitrogen and oxygen atoms in total. The first kappa shape index (κ1) is 51.2. The van der Waals surface area contributed by atoms with Crippen molar-refractivity contribution in [2.24, 2.45) is 29.2 Å². The van der Waals surface area contributed by atoms with Gasteiger partial charge in [-0.1, -0.05) is 73.3 Å². The molecule has 4 aromatic carbocycles. The number of fused-ring (bicyclic) bond motifs is 1. The highest BCUT2D eigenvalue weighted by Gasteiger charge is 2.46. The number of carbonyl (C=O) groups excluding carboxylic acids is 6. The SMILES string of the molecule is COCCOc1ccc(C(N)=O)c(-c2cc(C(CN)c3ccccc3)ccc2Cl)c1F.O=C1CCC(N2C(=O)c3cccc(N4CCC(CC5CCN(C(=O)C6CCCCC6)CC5)CC4)c3C2=O)C(=O)N1. The van der Waals surface area contributed by atoms with Crippen LogP contribution in [0.3, 0.4) is 0 Å². The Bertz CT molecular complexity index is 2610. The predicted molar refractivity (Wildman–Crippen MR) is 269 cm³/mol.